The zero-order valence-corrected chi connectivity index (χ0v) is 19.9. The Bertz CT molecular complexity index is 1470. The number of hydrogen-bond acceptors (Lipinski definition) is 10. The topological polar surface area (TPSA) is 211 Å². The summed E-state index contributed by atoms with van der Waals surface area (Å²) in [5, 5.41) is 66.9. The van der Waals surface area contributed by atoms with E-state index in [1.165, 1.54) is 36.4 Å². The second-order valence-electron chi connectivity index (χ2n) is 8.02. The smallest absolute Gasteiger partial charge is 0.371 e. The molecular formula is C27H22O12. The Morgan fingerprint density at radius 2 is 1.36 bits per heavy atom. The van der Waals surface area contributed by atoms with Crippen LogP contribution in [0, 0.1) is 0 Å². The molecule has 12 nitrogen and oxygen atoms in total. The standard InChI is InChI=1S/C27H22O12/c28-17-5-2-15(9-20(17)31)12-23(26(34)35)38-22-11-14(1-7-19(22)30)4-8-25(33)39-24(27(36)37)13-16-3-6-18(29)21(32)10-16/h1-12,24,28-32H,13H2,(H,34,35)(H,36,37)/b8-4+,23-12?/t24-/m1/s1. The predicted octanol–water partition coefficient (Wildman–Crippen LogP) is 2.97. The Labute approximate surface area is 220 Å². The van der Waals surface area contributed by atoms with Crippen molar-refractivity contribution in [3.8, 4) is 34.5 Å². The van der Waals surface area contributed by atoms with Crippen LogP contribution in [-0.4, -0.2) is 59.8 Å². The van der Waals surface area contributed by atoms with Crippen molar-refractivity contribution in [2.75, 3.05) is 0 Å². The third-order valence-electron chi connectivity index (χ3n) is 5.12. The van der Waals surface area contributed by atoms with Gasteiger partial charge < -0.3 is 45.2 Å². The second kappa shape index (κ2) is 12.1. The van der Waals surface area contributed by atoms with E-state index in [-0.39, 0.29) is 23.3 Å². The molecule has 0 radical (unpaired) electrons. The molecule has 0 amide bonds. The number of aromatic hydroxyl groups is 5. The molecule has 7 N–H and O–H groups in total. The molecule has 0 aliphatic rings. The number of ether oxygens (including phenoxy) is 2. The maximum absolute atomic E-state index is 12.2. The lowest BCUT2D eigenvalue weighted by Gasteiger charge is -2.13. The van der Waals surface area contributed by atoms with Crippen molar-refractivity contribution < 1.29 is 59.6 Å². The van der Waals surface area contributed by atoms with Crippen LogP contribution in [0.3, 0.4) is 0 Å². The molecule has 0 saturated heterocycles. The van der Waals surface area contributed by atoms with E-state index in [0.29, 0.717) is 5.56 Å². The van der Waals surface area contributed by atoms with Gasteiger partial charge in [0.1, 0.15) is 0 Å². The van der Waals surface area contributed by atoms with Crippen molar-refractivity contribution >= 4 is 30.1 Å². The third-order valence-corrected chi connectivity index (χ3v) is 5.12. The van der Waals surface area contributed by atoms with Gasteiger partial charge in [0.25, 0.3) is 0 Å². The Kier molecular flexibility index (Phi) is 8.64. The van der Waals surface area contributed by atoms with Crippen LogP contribution in [0.15, 0.2) is 66.4 Å². The predicted molar refractivity (Wildman–Crippen MR) is 134 cm³/mol. The van der Waals surface area contributed by atoms with Crippen molar-refractivity contribution in [3.05, 3.63) is 83.1 Å². The van der Waals surface area contributed by atoms with Gasteiger partial charge in [0.05, 0.1) is 0 Å². The number of hydrogen-bond donors (Lipinski definition) is 7. The number of carboxylic acids is 2. The first-order valence-corrected chi connectivity index (χ1v) is 11.0. The van der Waals surface area contributed by atoms with Crippen LogP contribution in [0.1, 0.15) is 16.7 Å². The summed E-state index contributed by atoms with van der Waals surface area (Å²) in [5.41, 5.74) is 0.721. The number of benzene rings is 3. The minimum atomic E-state index is -1.60. The van der Waals surface area contributed by atoms with Crippen molar-refractivity contribution in [1.29, 1.82) is 0 Å². The molecule has 3 aromatic rings. The van der Waals surface area contributed by atoms with Gasteiger partial charge in [-0.15, -0.1) is 0 Å². The summed E-state index contributed by atoms with van der Waals surface area (Å²) in [6, 6.07) is 11.0. The molecule has 0 heterocycles. The molecule has 0 unspecified atom stereocenters. The summed E-state index contributed by atoms with van der Waals surface area (Å²) >= 11 is 0. The fourth-order valence-corrected chi connectivity index (χ4v) is 3.18. The monoisotopic (exact) mass is 538 g/mol. The third kappa shape index (κ3) is 7.67. The van der Waals surface area contributed by atoms with Gasteiger partial charge in [-0.25, -0.2) is 14.4 Å². The Morgan fingerprint density at radius 3 is 1.97 bits per heavy atom. The van der Waals surface area contributed by atoms with Gasteiger partial charge in [0, 0.05) is 12.5 Å². The van der Waals surface area contributed by atoms with Crippen molar-refractivity contribution in [3.63, 3.8) is 0 Å². The Balaban J connectivity index is 1.74. The number of esters is 1. The molecule has 0 saturated carbocycles. The van der Waals surface area contributed by atoms with Gasteiger partial charge in [0.2, 0.25) is 11.9 Å². The molecule has 1 atom stereocenters. The first-order chi connectivity index (χ1) is 18.4. The summed E-state index contributed by atoms with van der Waals surface area (Å²) in [6.45, 7) is 0. The van der Waals surface area contributed by atoms with E-state index < -0.39 is 58.5 Å². The number of carbonyl (C=O) groups excluding carboxylic acids is 1. The van der Waals surface area contributed by atoms with Crippen LogP contribution in [0.2, 0.25) is 0 Å². The average molecular weight is 538 g/mol. The quantitative estimate of drug-likeness (QED) is 0.0859. The lowest BCUT2D eigenvalue weighted by Crippen LogP contribution is -2.28. The minimum Gasteiger partial charge on any atom is -0.504 e. The minimum absolute atomic E-state index is 0.177. The molecule has 0 fully saturated rings. The van der Waals surface area contributed by atoms with Crippen LogP contribution in [0.25, 0.3) is 12.2 Å². The molecule has 0 spiro atoms. The SMILES string of the molecule is O=C(/C=C/c1ccc(O)c(OC(=Cc2ccc(O)c(O)c2)C(=O)O)c1)O[C@H](Cc1ccc(O)c(O)c1)C(=O)O. The van der Waals surface area contributed by atoms with Gasteiger partial charge in [-0.1, -0.05) is 18.2 Å². The van der Waals surface area contributed by atoms with E-state index in [1.54, 1.807) is 0 Å². The van der Waals surface area contributed by atoms with Crippen molar-refractivity contribution in [2.45, 2.75) is 12.5 Å². The molecule has 3 aromatic carbocycles. The summed E-state index contributed by atoms with van der Waals surface area (Å²) < 4.78 is 10.3. The molecule has 202 valence electrons. The summed E-state index contributed by atoms with van der Waals surface area (Å²) in [4.78, 5) is 35.4. The van der Waals surface area contributed by atoms with Gasteiger partial charge in [-0.05, 0) is 65.2 Å². The highest BCUT2D eigenvalue weighted by Crippen LogP contribution is 2.31. The number of carbonyl (C=O) groups is 3. The van der Waals surface area contributed by atoms with Crippen molar-refractivity contribution in [1.82, 2.24) is 0 Å². The molecular weight excluding hydrogens is 516 g/mol. The number of carboxylic acid groups (broad SMARTS) is 2. The summed E-state index contributed by atoms with van der Waals surface area (Å²) in [5.74, 6) is -7.09. The van der Waals surface area contributed by atoms with Gasteiger partial charge in [-0.3, -0.25) is 0 Å². The van der Waals surface area contributed by atoms with E-state index in [9.17, 15) is 50.1 Å². The van der Waals surface area contributed by atoms with Crippen LogP contribution in [0.5, 0.6) is 34.5 Å². The maximum Gasteiger partial charge on any atom is 0.371 e. The summed E-state index contributed by atoms with van der Waals surface area (Å²) in [6.07, 6.45) is 1.27. The zero-order valence-electron chi connectivity index (χ0n) is 19.9. The van der Waals surface area contributed by atoms with Crippen LogP contribution in [-0.2, 0) is 25.5 Å². The van der Waals surface area contributed by atoms with E-state index in [2.05, 4.69) is 0 Å². The van der Waals surface area contributed by atoms with Gasteiger partial charge in [0.15, 0.2) is 34.5 Å². The van der Waals surface area contributed by atoms with E-state index in [1.807, 2.05) is 0 Å². The number of phenols is 5. The lowest BCUT2D eigenvalue weighted by atomic mass is 10.1. The number of aliphatic carboxylic acids is 2. The molecule has 0 aromatic heterocycles. The highest BCUT2D eigenvalue weighted by atomic mass is 16.6. The van der Waals surface area contributed by atoms with Crippen LogP contribution in [0.4, 0.5) is 0 Å². The van der Waals surface area contributed by atoms with E-state index in [4.69, 9.17) is 9.47 Å². The van der Waals surface area contributed by atoms with Crippen LogP contribution < -0.4 is 4.74 Å². The largest absolute Gasteiger partial charge is 0.504 e. The normalized spacial score (nSPS) is 12.2. The fraction of sp³-hybridized carbons (Fsp3) is 0.0741. The Hall–Kier alpha value is -5.65. The highest BCUT2D eigenvalue weighted by molar-refractivity contribution is 5.91. The average Bonchev–Trinajstić information content (AvgIpc) is 2.87. The first-order valence-electron chi connectivity index (χ1n) is 11.0. The molecule has 3 rings (SSSR count). The molecule has 39 heavy (non-hydrogen) atoms. The second-order valence-corrected chi connectivity index (χ2v) is 8.02. The highest BCUT2D eigenvalue weighted by Gasteiger charge is 2.22. The Morgan fingerprint density at radius 1 is 0.744 bits per heavy atom. The number of rotatable bonds is 10. The molecule has 0 aliphatic heterocycles. The first kappa shape index (κ1) is 27.9. The number of phenolic OH excluding ortho intramolecular Hbond substituents is 5. The summed E-state index contributed by atoms with van der Waals surface area (Å²) in [7, 11) is 0. The molecule has 12 heteroatoms. The fourth-order valence-electron chi connectivity index (χ4n) is 3.18. The van der Waals surface area contributed by atoms with E-state index in [0.717, 1.165) is 36.4 Å². The van der Waals surface area contributed by atoms with Crippen molar-refractivity contribution in [2.24, 2.45) is 0 Å². The zero-order chi connectivity index (χ0) is 28.7. The van der Waals surface area contributed by atoms with E-state index >= 15 is 0 Å². The van der Waals surface area contributed by atoms with Crippen LogP contribution >= 0.6 is 0 Å². The van der Waals surface area contributed by atoms with Gasteiger partial charge in [-0.2, -0.15) is 0 Å². The lowest BCUT2D eigenvalue weighted by molar-refractivity contribution is -0.160. The maximum atomic E-state index is 12.2. The molecule has 0 bridgehead atoms. The molecule has 0 aliphatic carbocycles. The van der Waals surface area contributed by atoms with Gasteiger partial charge >= 0.3 is 17.9 Å².